The molecule has 1 N–H and O–H groups in total. The van der Waals surface area contributed by atoms with Crippen LogP contribution in [0.25, 0.3) is 11.2 Å². The second-order valence-electron chi connectivity index (χ2n) is 4.44. The van der Waals surface area contributed by atoms with Crippen molar-refractivity contribution in [2.45, 2.75) is 6.54 Å². The third kappa shape index (κ3) is 2.37. The van der Waals surface area contributed by atoms with Crippen LogP contribution in [-0.4, -0.2) is 33.7 Å². The lowest BCUT2D eigenvalue weighted by Crippen LogP contribution is -2.04. The van der Waals surface area contributed by atoms with Gasteiger partial charge in [0.2, 0.25) is 11.8 Å². The Bertz CT molecular complexity index is 786. The minimum atomic E-state index is -0.255. The first-order valence-corrected chi connectivity index (χ1v) is 6.41. The van der Waals surface area contributed by atoms with Gasteiger partial charge in [0, 0.05) is 12.6 Å². The Labute approximate surface area is 120 Å². The van der Waals surface area contributed by atoms with Gasteiger partial charge in [0.1, 0.15) is 5.82 Å². The molecule has 0 aliphatic rings. The standard InChI is InChI=1S/C14H14FN5O/c1-16-14-18-12-11(13(19-14)21-2)17-8-20(12)7-9-5-3-4-6-10(9)15/h3-6,8H,7H2,1-2H3,(H,16,18,19). The van der Waals surface area contributed by atoms with Crippen molar-refractivity contribution in [2.24, 2.45) is 0 Å². The Morgan fingerprint density at radius 1 is 1.29 bits per heavy atom. The van der Waals surface area contributed by atoms with E-state index in [9.17, 15) is 4.39 Å². The van der Waals surface area contributed by atoms with Gasteiger partial charge in [-0.2, -0.15) is 9.97 Å². The summed E-state index contributed by atoms with van der Waals surface area (Å²) in [7, 11) is 3.25. The Kier molecular flexibility index (Phi) is 3.39. The van der Waals surface area contributed by atoms with E-state index in [0.717, 1.165) is 0 Å². The van der Waals surface area contributed by atoms with Gasteiger partial charge in [-0.3, -0.25) is 0 Å². The SMILES string of the molecule is CNc1nc(OC)c2ncn(Cc3ccccc3F)c2n1. The maximum Gasteiger partial charge on any atom is 0.246 e. The van der Waals surface area contributed by atoms with E-state index in [-0.39, 0.29) is 5.82 Å². The van der Waals surface area contributed by atoms with Gasteiger partial charge in [-0.05, 0) is 6.07 Å². The summed E-state index contributed by atoms with van der Waals surface area (Å²) < 4.78 is 20.7. The fourth-order valence-electron chi connectivity index (χ4n) is 2.10. The number of hydrogen-bond donors (Lipinski definition) is 1. The smallest absolute Gasteiger partial charge is 0.246 e. The maximum absolute atomic E-state index is 13.8. The van der Waals surface area contributed by atoms with Crippen molar-refractivity contribution in [2.75, 3.05) is 19.5 Å². The van der Waals surface area contributed by atoms with Gasteiger partial charge < -0.3 is 14.6 Å². The Morgan fingerprint density at radius 2 is 2.10 bits per heavy atom. The number of halogens is 1. The number of methoxy groups -OCH3 is 1. The van der Waals surface area contributed by atoms with Crippen LogP contribution in [0, 0.1) is 5.82 Å². The van der Waals surface area contributed by atoms with E-state index in [1.807, 2.05) is 0 Å². The highest BCUT2D eigenvalue weighted by molar-refractivity contribution is 5.77. The molecule has 0 radical (unpaired) electrons. The fourth-order valence-corrected chi connectivity index (χ4v) is 2.10. The number of nitrogens with one attached hydrogen (secondary N) is 1. The van der Waals surface area contributed by atoms with Crippen LogP contribution in [0.4, 0.5) is 10.3 Å². The zero-order valence-electron chi connectivity index (χ0n) is 11.7. The normalized spacial score (nSPS) is 10.8. The zero-order chi connectivity index (χ0) is 14.8. The summed E-state index contributed by atoms with van der Waals surface area (Å²) in [5.41, 5.74) is 1.71. The molecule has 1 aromatic carbocycles. The molecule has 2 heterocycles. The summed E-state index contributed by atoms with van der Waals surface area (Å²) in [5.74, 6) is 0.556. The molecule has 21 heavy (non-hydrogen) atoms. The molecule has 0 amide bonds. The summed E-state index contributed by atoms with van der Waals surface area (Å²) in [4.78, 5) is 12.8. The van der Waals surface area contributed by atoms with Gasteiger partial charge in [-0.15, -0.1) is 0 Å². The molecule has 0 saturated heterocycles. The first kappa shape index (κ1) is 13.3. The van der Waals surface area contributed by atoms with Crippen LogP contribution < -0.4 is 10.1 Å². The van der Waals surface area contributed by atoms with Crippen LogP contribution >= 0.6 is 0 Å². The summed E-state index contributed by atoms with van der Waals surface area (Å²) in [6.07, 6.45) is 1.60. The summed E-state index contributed by atoms with van der Waals surface area (Å²) in [5, 5.41) is 2.87. The number of aromatic nitrogens is 4. The lowest BCUT2D eigenvalue weighted by molar-refractivity contribution is 0.402. The highest BCUT2D eigenvalue weighted by atomic mass is 19.1. The molecule has 6 nitrogen and oxygen atoms in total. The number of hydrogen-bond acceptors (Lipinski definition) is 5. The van der Waals surface area contributed by atoms with Crippen LogP contribution in [0.15, 0.2) is 30.6 Å². The van der Waals surface area contributed by atoms with Crippen molar-refractivity contribution in [3.63, 3.8) is 0 Å². The average Bonchev–Trinajstić information content (AvgIpc) is 2.91. The van der Waals surface area contributed by atoms with Crippen molar-refractivity contribution in [3.8, 4) is 5.88 Å². The van der Waals surface area contributed by atoms with E-state index in [1.54, 1.807) is 36.1 Å². The van der Waals surface area contributed by atoms with Crippen molar-refractivity contribution in [1.82, 2.24) is 19.5 Å². The average molecular weight is 287 g/mol. The monoisotopic (exact) mass is 287 g/mol. The van der Waals surface area contributed by atoms with Crippen LogP contribution in [0.2, 0.25) is 0 Å². The topological polar surface area (TPSA) is 64.9 Å². The second-order valence-corrected chi connectivity index (χ2v) is 4.44. The molecule has 0 bridgehead atoms. The van der Waals surface area contributed by atoms with Crippen molar-refractivity contribution in [3.05, 3.63) is 42.0 Å². The molecule has 0 unspecified atom stereocenters. The predicted octanol–water partition coefficient (Wildman–Crippen LogP) is 2.06. The second kappa shape index (κ2) is 5.35. The van der Waals surface area contributed by atoms with Gasteiger partial charge in [0.15, 0.2) is 11.2 Å². The van der Waals surface area contributed by atoms with Gasteiger partial charge in [-0.25, -0.2) is 9.37 Å². The van der Waals surface area contributed by atoms with Crippen molar-refractivity contribution in [1.29, 1.82) is 0 Å². The first-order chi connectivity index (χ1) is 10.2. The molecule has 3 rings (SSSR count). The quantitative estimate of drug-likeness (QED) is 0.795. The number of rotatable bonds is 4. The van der Waals surface area contributed by atoms with E-state index in [2.05, 4.69) is 20.3 Å². The number of benzene rings is 1. The van der Waals surface area contributed by atoms with E-state index < -0.39 is 0 Å². The van der Waals surface area contributed by atoms with E-state index >= 15 is 0 Å². The maximum atomic E-state index is 13.8. The van der Waals surface area contributed by atoms with Crippen molar-refractivity contribution < 1.29 is 9.13 Å². The largest absolute Gasteiger partial charge is 0.479 e. The highest BCUT2D eigenvalue weighted by Gasteiger charge is 2.14. The van der Waals surface area contributed by atoms with Crippen LogP contribution in [0.5, 0.6) is 5.88 Å². The lowest BCUT2D eigenvalue weighted by atomic mass is 10.2. The molecule has 7 heteroatoms. The van der Waals surface area contributed by atoms with Gasteiger partial charge >= 0.3 is 0 Å². The third-order valence-corrected chi connectivity index (χ3v) is 3.15. The molecule has 0 saturated carbocycles. The molecule has 0 spiro atoms. The molecule has 0 aliphatic carbocycles. The van der Waals surface area contributed by atoms with Crippen LogP contribution in [0.1, 0.15) is 5.56 Å². The summed E-state index contributed by atoms with van der Waals surface area (Å²) >= 11 is 0. The zero-order valence-corrected chi connectivity index (χ0v) is 11.7. The molecule has 2 aromatic heterocycles. The lowest BCUT2D eigenvalue weighted by Gasteiger charge is -2.07. The van der Waals surface area contributed by atoms with Crippen molar-refractivity contribution >= 4 is 17.1 Å². The summed E-state index contributed by atoms with van der Waals surface area (Å²) in [6.45, 7) is 0.340. The molecule has 0 aliphatic heterocycles. The van der Waals surface area contributed by atoms with E-state index in [1.165, 1.54) is 13.2 Å². The number of ether oxygens (including phenoxy) is 1. The minimum Gasteiger partial charge on any atom is -0.479 e. The number of anilines is 1. The predicted molar refractivity (Wildman–Crippen MR) is 76.9 cm³/mol. The Hall–Kier alpha value is -2.70. The number of imidazole rings is 1. The minimum absolute atomic E-state index is 0.255. The van der Waals surface area contributed by atoms with Gasteiger partial charge in [-0.1, -0.05) is 18.2 Å². The van der Waals surface area contributed by atoms with Gasteiger partial charge in [0.25, 0.3) is 0 Å². The third-order valence-electron chi connectivity index (χ3n) is 3.15. The number of fused-ring (bicyclic) bond motifs is 1. The van der Waals surface area contributed by atoms with Gasteiger partial charge in [0.05, 0.1) is 20.0 Å². The van der Waals surface area contributed by atoms with Crippen LogP contribution in [0.3, 0.4) is 0 Å². The first-order valence-electron chi connectivity index (χ1n) is 6.41. The molecule has 108 valence electrons. The molecule has 0 fully saturated rings. The molecular weight excluding hydrogens is 273 g/mol. The van der Waals surface area contributed by atoms with E-state index in [4.69, 9.17) is 4.74 Å². The molecule has 0 atom stereocenters. The Balaban J connectivity index is 2.09. The fraction of sp³-hybridized carbons (Fsp3) is 0.214. The molecular formula is C14H14FN5O. The molecule has 3 aromatic rings. The van der Waals surface area contributed by atoms with E-state index in [0.29, 0.717) is 35.1 Å². The number of nitrogens with zero attached hydrogens (tertiary/aromatic N) is 4. The highest BCUT2D eigenvalue weighted by Crippen LogP contribution is 2.23. The Morgan fingerprint density at radius 3 is 2.81 bits per heavy atom. The summed E-state index contributed by atoms with van der Waals surface area (Å²) in [6, 6.07) is 6.63. The van der Waals surface area contributed by atoms with Crippen LogP contribution in [-0.2, 0) is 6.54 Å².